The van der Waals surface area contributed by atoms with Gasteiger partial charge in [0.05, 0.1) is 5.01 Å². The standard InChI is InChI=1S/C17H19N3OS/c1-12-10-14-6-3-4-7-16(14)20(12)9-5-8-18-17(21)15-11-22-13(2)19-15/h3-4,6-7,10-11H,5,8-9H2,1-2H3,(H,18,21). The summed E-state index contributed by atoms with van der Waals surface area (Å²) in [6.07, 6.45) is 0.897. The van der Waals surface area contributed by atoms with Crippen molar-refractivity contribution in [2.75, 3.05) is 6.54 Å². The highest BCUT2D eigenvalue weighted by molar-refractivity contribution is 7.09. The molecule has 0 unspecified atom stereocenters. The van der Waals surface area contributed by atoms with Gasteiger partial charge in [0, 0.05) is 29.7 Å². The number of aromatic nitrogens is 2. The third-order valence-corrected chi connectivity index (χ3v) is 4.49. The Morgan fingerprint density at radius 2 is 2.14 bits per heavy atom. The molecule has 0 aliphatic carbocycles. The number of benzene rings is 1. The topological polar surface area (TPSA) is 46.9 Å². The first-order valence-electron chi connectivity index (χ1n) is 7.40. The maximum Gasteiger partial charge on any atom is 0.270 e. The van der Waals surface area contributed by atoms with Gasteiger partial charge in [0.2, 0.25) is 0 Å². The summed E-state index contributed by atoms with van der Waals surface area (Å²) in [5, 5.41) is 6.92. The molecule has 2 aromatic heterocycles. The zero-order valence-electron chi connectivity index (χ0n) is 12.8. The van der Waals surface area contributed by atoms with Gasteiger partial charge in [-0.05, 0) is 37.8 Å². The van der Waals surface area contributed by atoms with Crippen molar-refractivity contribution < 1.29 is 4.79 Å². The van der Waals surface area contributed by atoms with Crippen LogP contribution in [-0.4, -0.2) is 22.0 Å². The molecule has 0 fully saturated rings. The molecule has 3 rings (SSSR count). The van der Waals surface area contributed by atoms with Crippen LogP contribution in [0.3, 0.4) is 0 Å². The van der Waals surface area contributed by atoms with E-state index >= 15 is 0 Å². The summed E-state index contributed by atoms with van der Waals surface area (Å²) in [4.78, 5) is 16.1. The number of carbonyl (C=O) groups is 1. The van der Waals surface area contributed by atoms with E-state index in [9.17, 15) is 4.79 Å². The Labute approximate surface area is 133 Å². The molecule has 5 heteroatoms. The van der Waals surface area contributed by atoms with E-state index in [-0.39, 0.29) is 5.91 Å². The molecule has 0 aliphatic rings. The lowest BCUT2D eigenvalue weighted by molar-refractivity contribution is 0.0948. The van der Waals surface area contributed by atoms with Crippen molar-refractivity contribution in [2.24, 2.45) is 0 Å². The lowest BCUT2D eigenvalue weighted by Crippen LogP contribution is -2.25. The number of amides is 1. The average Bonchev–Trinajstić information content (AvgIpc) is 3.07. The van der Waals surface area contributed by atoms with Crippen molar-refractivity contribution >= 4 is 28.1 Å². The number of fused-ring (bicyclic) bond motifs is 1. The lowest BCUT2D eigenvalue weighted by atomic mass is 10.2. The number of nitrogens with zero attached hydrogens (tertiary/aromatic N) is 2. The minimum absolute atomic E-state index is 0.0848. The van der Waals surface area contributed by atoms with Gasteiger partial charge in [0.15, 0.2) is 0 Å². The second kappa shape index (κ2) is 6.32. The van der Waals surface area contributed by atoms with Gasteiger partial charge in [-0.2, -0.15) is 0 Å². The van der Waals surface area contributed by atoms with Gasteiger partial charge in [-0.15, -0.1) is 11.3 Å². The van der Waals surface area contributed by atoms with Crippen LogP contribution in [-0.2, 0) is 6.54 Å². The van der Waals surface area contributed by atoms with Gasteiger partial charge in [-0.3, -0.25) is 4.79 Å². The summed E-state index contributed by atoms with van der Waals surface area (Å²) < 4.78 is 2.30. The van der Waals surface area contributed by atoms with E-state index in [1.807, 2.05) is 6.92 Å². The molecule has 1 aromatic carbocycles. The summed E-state index contributed by atoms with van der Waals surface area (Å²) in [6, 6.07) is 10.6. The number of hydrogen-bond acceptors (Lipinski definition) is 3. The Bertz CT molecular complexity index is 803. The minimum Gasteiger partial charge on any atom is -0.351 e. The van der Waals surface area contributed by atoms with Crippen LogP contribution in [0, 0.1) is 13.8 Å². The number of aryl methyl sites for hydroxylation is 3. The van der Waals surface area contributed by atoms with Crippen LogP contribution in [0.5, 0.6) is 0 Å². The van der Waals surface area contributed by atoms with E-state index < -0.39 is 0 Å². The van der Waals surface area contributed by atoms with Crippen LogP contribution in [0.4, 0.5) is 0 Å². The Morgan fingerprint density at radius 3 is 2.91 bits per heavy atom. The smallest absolute Gasteiger partial charge is 0.270 e. The number of rotatable bonds is 5. The monoisotopic (exact) mass is 313 g/mol. The quantitative estimate of drug-likeness (QED) is 0.732. The average molecular weight is 313 g/mol. The van der Waals surface area contributed by atoms with E-state index in [1.54, 1.807) is 5.38 Å². The third kappa shape index (κ3) is 3.04. The van der Waals surface area contributed by atoms with E-state index in [0.717, 1.165) is 18.0 Å². The van der Waals surface area contributed by atoms with Crippen molar-refractivity contribution in [1.82, 2.24) is 14.9 Å². The zero-order chi connectivity index (χ0) is 15.5. The largest absolute Gasteiger partial charge is 0.351 e. The predicted octanol–water partition coefficient (Wildman–Crippen LogP) is 3.53. The second-order valence-corrected chi connectivity index (χ2v) is 6.42. The predicted molar refractivity (Wildman–Crippen MR) is 90.5 cm³/mol. The molecule has 2 heterocycles. The number of carbonyl (C=O) groups excluding carboxylic acids is 1. The molecule has 4 nitrogen and oxygen atoms in total. The summed E-state index contributed by atoms with van der Waals surface area (Å²) in [5.41, 5.74) is 3.02. The molecule has 3 aromatic rings. The normalized spacial score (nSPS) is 11.0. The third-order valence-electron chi connectivity index (χ3n) is 3.71. The molecule has 114 valence electrons. The van der Waals surface area contributed by atoms with Crippen molar-refractivity contribution in [3.05, 3.63) is 52.1 Å². The summed E-state index contributed by atoms with van der Waals surface area (Å²) in [6.45, 7) is 5.58. The maximum atomic E-state index is 11.9. The fraction of sp³-hybridized carbons (Fsp3) is 0.294. The first kappa shape index (κ1) is 14.8. The van der Waals surface area contributed by atoms with Crippen molar-refractivity contribution in [3.63, 3.8) is 0 Å². The Balaban J connectivity index is 1.56. The highest BCUT2D eigenvalue weighted by Crippen LogP contribution is 2.19. The SMILES string of the molecule is Cc1nc(C(=O)NCCCn2c(C)cc3ccccc32)cs1. The Kier molecular flexibility index (Phi) is 4.24. The Hall–Kier alpha value is -2.14. The van der Waals surface area contributed by atoms with Crippen LogP contribution in [0.2, 0.25) is 0 Å². The molecule has 0 spiro atoms. The molecular formula is C17H19N3OS. The molecule has 0 saturated heterocycles. The van der Waals surface area contributed by atoms with Gasteiger partial charge >= 0.3 is 0 Å². The summed E-state index contributed by atoms with van der Waals surface area (Å²) >= 11 is 1.50. The van der Waals surface area contributed by atoms with Crippen molar-refractivity contribution in [1.29, 1.82) is 0 Å². The lowest BCUT2D eigenvalue weighted by Gasteiger charge is -2.09. The number of thiazole rings is 1. The minimum atomic E-state index is -0.0848. The maximum absolute atomic E-state index is 11.9. The highest BCUT2D eigenvalue weighted by atomic mass is 32.1. The zero-order valence-corrected chi connectivity index (χ0v) is 13.6. The van der Waals surface area contributed by atoms with Crippen molar-refractivity contribution in [3.8, 4) is 0 Å². The van der Waals surface area contributed by atoms with Gasteiger partial charge in [0.1, 0.15) is 5.69 Å². The van der Waals surface area contributed by atoms with E-state index in [1.165, 1.54) is 27.9 Å². The van der Waals surface area contributed by atoms with E-state index in [4.69, 9.17) is 0 Å². The number of hydrogen-bond donors (Lipinski definition) is 1. The summed E-state index contributed by atoms with van der Waals surface area (Å²) in [5.74, 6) is -0.0848. The first-order chi connectivity index (χ1) is 10.6. The van der Waals surface area contributed by atoms with Gasteiger partial charge in [0.25, 0.3) is 5.91 Å². The van der Waals surface area contributed by atoms with E-state index in [0.29, 0.717) is 12.2 Å². The second-order valence-electron chi connectivity index (χ2n) is 5.36. The molecule has 0 bridgehead atoms. The molecule has 0 radical (unpaired) electrons. The van der Waals surface area contributed by atoms with Crippen LogP contribution in [0.1, 0.15) is 27.6 Å². The van der Waals surface area contributed by atoms with Crippen LogP contribution in [0.15, 0.2) is 35.7 Å². The molecule has 0 atom stereocenters. The van der Waals surface area contributed by atoms with Crippen LogP contribution < -0.4 is 5.32 Å². The fourth-order valence-electron chi connectivity index (χ4n) is 2.64. The van der Waals surface area contributed by atoms with Gasteiger partial charge in [-0.1, -0.05) is 18.2 Å². The van der Waals surface area contributed by atoms with Gasteiger partial charge < -0.3 is 9.88 Å². The van der Waals surface area contributed by atoms with Gasteiger partial charge in [-0.25, -0.2) is 4.98 Å². The number of nitrogens with one attached hydrogen (secondary N) is 1. The molecule has 0 aliphatic heterocycles. The Morgan fingerprint density at radius 1 is 1.32 bits per heavy atom. The molecule has 22 heavy (non-hydrogen) atoms. The fourth-order valence-corrected chi connectivity index (χ4v) is 3.24. The van der Waals surface area contributed by atoms with E-state index in [2.05, 4.69) is 52.1 Å². The molecule has 1 N–H and O–H groups in total. The molecule has 0 saturated carbocycles. The van der Waals surface area contributed by atoms with Crippen molar-refractivity contribution in [2.45, 2.75) is 26.8 Å². The highest BCUT2D eigenvalue weighted by Gasteiger charge is 2.09. The summed E-state index contributed by atoms with van der Waals surface area (Å²) in [7, 11) is 0. The molecular weight excluding hydrogens is 294 g/mol. The van der Waals surface area contributed by atoms with Crippen LogP contribution >= 0.6 is 11.3 Å². The van der Waals surface area contributed by atoms with Crippen LogP contribution in [0.25, 0.3) is 10.9 Å². The first-order valence-corrected chi connectivity index (χ1v) is 8.28. The molecule has 1 amide bonds. The number of para-hydroxylation sites is 1.